The first-order chi connectivity index (χ1) is 22.4. The van der Waals surface area contributed by atoms with Crippen LogP contribution in [0.3, 0.4) is 0 Å². The summed E-state index contributed by atoms with van der Waals surface area (Å²) in [6, 6.07) is 25.6. The van der Waals surface area contributed by atoms with Crippen molar-refractivity contribution >= 4 is 19.0 Å². The van der Waals surface area contributed by atoms with Crippen LogP contribution in [0.5, 0.6) is 11.5 Å². The van der Waals surface area contributed by atoms with Crippen LogP contribution in [0.4, 0.5) is 0 Å². The van der Waals surface area contributed by atoms with E-state index < -0.39 is 17.4 Å². The van der Waals surface area contributed by atoms with Crippen molar-refractivity contribution in [1.82, 2.24) is 0 Å². The summed E-state index contributed by atoms with van der Waals surface area (Å²) in [5.74, 6) is 1.97. The van der Waals surface area contributed by atoms with E-state index in [0.717, 1.165) is 22.3 Å². The third-order valence-electron chi connectivity index (χ3n) is 10.6. The van der Waals surface area contributed by atoms with Gasteiger partial charge in [-0.3, -0.25) is 0 Å². The molecule has 254 valence electrons. The van der Waals surface area contributed by atoms with Crippen LogP contribution >= 0.6 is 0 Å². The molecule has 48 heavy (non-hydrogen) atoms. The average molecular weight is 738 g/mol. The van der Waals surface area contributed by atoms with Crippen LogP contribution in [0.2, 0.25) is 9.26 Å². The summed E-state index contributed by atoms with van der Waals surface area (Å²) < 4.78 is 6.72. The zero-order valence-electron chi connectivity index (χ0n) is 31.5. The second-order valence-corrected chi connectivity index (χ2v) is 46.5. The molecule has 0 aliphatic heterocycles. The molecule has 4 heteroatoms. The van der Waals surface area contributed by atoms with Crippen molar-refractivity contribution in [3.05, 3.63) is 140 Å². The molecule has 0 fully saturated rings. The fourth-order valence-corrected chi connectivity index (χ4v) is 29.7. The van der Waals surface area contributed by atoms with Gasteiger partial charge in [0, 0.05) is 0 Å². The maximum atomic E-state index is 9.21. The summed E-state index contributed by atoms with van der Waals surface area (Å²) in [4.78, 5) is 0. The number of phenolic OH excluding ortho intramolecular Hbond substituents is 2. The van der Waals surface area contributed by atoms with Gasteiger partial charge in [0.15, 0.2) is 0 Å². The summed E-state index contributed by atoms with van der Waals surface area (Å²) in [5.41, 5.74) is 16.3. The number of hydrogen-bond acceptors (Lipinski definition) is 2. The summed E-state index contributed by atoms with van der Waals surface area (Å²) in [7, 11) is 0. The number of hydrogen-bond donors (Lipinski definition) is 2. The van der Waals surface area contributed by atoms with Crippen molar-refractivity contribution in [2.24, 2.45) is 0 Å². The smallest absolute Gasteiger partial charge is 0.121 e. The van der Waals surface area contributed by atoms with E-state index in [2.05, 4.69) is 106 Å². The first-order valence-electron chi connectivity index (χ1n) is 17.6. The molecular weight excluding hydrogens is 680 g/mol. The fourth-order valence-electron chi connectivity index (χ4n) is 8.45. The Balaban J connectivity index is 0.000000234. The first kappa shape index (κ1) is 37.9. The number of rotatable bonds is 4. The summed E-state index contributed by atoms with van der Waals surface area (Å²) in [6.07, 6.45) is 5.06. The molecule has 0 saturated carbocycles. The monoisotopic (exact) mass is 736 g/mol. The van der Waals surface area contributed by atoms with E-state index in [4.69, 9.17) is 0 Å². The van der Waals surface area contributed by atoms with Crippen LogP contribution in [0.25, 0.3) is 12.2 Å². The molecule has 4 aromatic carbocycles. The average Bonchev–Trinajstić information content (AvgIpc) is 3.55. The van der Waals surface area contributed by atoms with Gasteiger partial charge in [0.2, 0.25) is 0 Å². The van der Waals surface area contributed by atoms with Crippen molar-refractivity contribution < 1.29 is 27.6 Å². The van der Waals surface area contributed by atoms with Gasteiger partial charge in [-0.1, -0.05) is 36.4 Å². The quantitative estimate of drug-likeness (QED) is 0.205. The molecule has 2 unspecified atom stereocenters. The van der Waals surface area contributed by atoms with Crippen LogP contribution in [0, 0.1) is 27.7 Å². The molecule has 2 N–H and O–H groups in total. The normalized spacial score (nSPS) is 16.7. The van der Waals surface area contributed by atoms with Crippen molar-refractivity contribution in [2.45, 2.75) is 97.6 Å². The molecule has 0 saturated heterocycles. The van der Waals surface area contributed by atoms with Crippen molar-refractivity contribution in [3.63, 3.8) is 0 Å². The third-order valence-corrected chi connectivity index (χ3v) is 28.6. The van der Waals surface area contributed by atoms with Gasteiger partial charge >= 0.3 is 187 Å². The van der Waals surface area contributed by atoms with E-state index in [1.807, 2.05) is 64.1 Å². The van der Waals surface area contributed by atoms with E-state index in [-0.39, 0.29) is 0 Å². The number of allylic oxidation sites excluding steroid dienone is 2. The predicted molar refractivity (Wildman–Crippen MR) is 209 cm³/mol. The Bertz CT molecular complexity index is 1780. The van der Waals surface area contributed by atoms with Gasteiger partial charge in [-0.2, -0.15) is 0 Å². The predicted octanol–water partition coefficient (Wildman–Crippen LogP) is 11.9. The Labute approximate surface area is 293 Å². The molecule has 0 radical (unpaired) electrons. The van der Waals surface area contributed by atoms with Gasteiger partial charge in [-0.15, -0.1) is 0 Å². The van der Waals surface area contributed by atoms with Gasteiger partial charge in [0.1, 0.15) is 11.5 Å². The molecule has 0 aromatic heterocycles. The fraction of sp³-hybridized carbons (Fsp3) is 0.364. The largest absolute Gasteiger partial charge is 0.507 e. The molecule has 2 aliphatic rings. The SMILES string of the molecule is CC1=Cc2c(C(C)C)cccc2[CH]1[Zr]([CH3])([CH3])(=[SiH2])[CH]1C(C)=Cc2c(C(C)C)cccc21.Cc1cccc(C)c1O.Cc1cccc(C)c1O. The summed E-state index contributed by atoms with van der Waals surface area (Å²) >= 11 is -3.32. The number of benzene rings is 4. The number of phenols is 2. The van der Waals surface area contributed by atoms with Gasteiger partial charge < -0.3 is 10.2 Å². The molecule has 0 heterocycles. The molecule has 6 rings (SSSR count). The molecule has 0 amide bonds. The van der Waals surface area contributed by atoms with Crippen LogP contribution < -0.4 is 0 Å². The van der Waals surface area contributed by atoms with Gasteiger partial charge in [0.25, 0.3) is 0 Å². The molecule has 4 aromatic rings. The van der Waals surface area contributed by atoms with Crippen LogP contribution in [-0.4, -0.2) is 17.1 Å². The Hall–Kier alpha value is -2.94. The van der Waals surface area contributed by atoms with Gasteiger partial charge in [-0.05, 0) is 49.9 Å². The first-order valence-corrected chi connectivity index (χ1v) is 31.2. The Kier molecular flexibility index (Phi) is 11.4. The zero-order chi connectivity index (χ0) is 35.7. The van der Waals surface area contributed by atoms with Crippen LogP contribution in [-0.2, 0) is 17.4 Å². The van der Waals surface area contributed by atoms with Crippen molar-refractivity contribution in [1.29, 1.82) is 0 Å². The third kappa shape index (κ3) is 7.46. The summed E-state index contributed by atoms with van der Waals surface area (Å²) in [5, 5.41) is 18.4. The van der Waals surface area contributed by atoms with Crippen molar-refractivity contribution in [2.75, 3.05) is 0 Å². The standard InChI is InChI=1S/2C13H15.2C8H10O.2CH3.H2Si.Zr/c2*1-9(2)12-6-4-5-11-7-10(3)8-13(11)12;2*1-6-4-3-5-7(2)8(6)9;;;;/h2*4-9H,1-3H3;2*3-5,9H,1-2H3;2*1H3;1H2;. The van der Waals surface area contributed by atoms with Crippen LogP contribution in [0.15, 0.2) is 83.9 Å². The van der Waals surface area contributed by atoms with Gasteiger partial charge in [0.05, 0.1) is 0 Å². The number of para-hydroxylation sites is 2. The molecule has 2 aliphatic carbocycles. The summed E-state index contributed by atoms with van der Waals surface area (Å²) in [6.45, 7) is 24.1. The molecule has 2 nitrogen and oxygen atoms in total. The minimum atomic E-state index is -3.32. The van der Waals surface area contributed by atoms with E-state index in [0.29, 0.717) is 30.6 Å². The molecule has 0 bridgehead atoms. The number of aromatic hydroxyl groups is 2. The maximum Gasteiger partial charge on any atom is 0.121 e. The van der Waals surface area contributed by atoms with E-state index in [1.165, 1.54) is 22.3 Å². The maximum absolute atomic E-state index is 9.21. The van der Waals surface area contributed by atoms with E-state index in [1.54, 1.807) is 22.3 Å². The molecule has 0 spiro atoms. The van der Waals surface area contributed by atoms with E-state index in [9.17, 15) is 10.2 Å². The topological polar surface area (TPSA) is 40.5 Å². The second kappa shape index (κ2) is 14.5. The van der Waals surface area contributed by atoms with Crippen LogP contribution in [0.1, 0.15) is 116 Å². The van der Waals surface area contributed by atoms with Crippen molar-refractivity contribution in [3.8, 4) is 11.5 Å². The Morgan fingerprint density at radius 3 is 1.08 bits per heavy atom. The minimum absolute atomic E-state index is 0.414. The minimum Gasteiger partial charge on any atom is -0.507 e. The van der Waals surface area contributed by atoms with E-state index >= 15 is 0 Å². The van der Waals surface area contributed by atoms with Gasteiger partial charge in [-0.25, -0.2) is 0 Å². The number of aryl methyl sites for hydroxylation is 4. The molecule has 2 atom stereocenters. The second-order valence-electron chi connectivity index (χ2n) is 16.1. The molecular formula is C44H58O2SiZr. The zero-order valence-corrected chi connectivity index (χ0v) is 35.4. The Morgan fingerprint density at radius 2 is 0.812 bits per heavy atom. The Morgan fingerprint density at radius 1 is 0.521 bits per heavy atom. The number of fused-ring (bicyclic) bond motifs is 2.